The average molecular weight is 422 g/mol. The molecule has 6 unspecified atom stereocenters. The van der Waals surface area contributed by atoms with Crippen LogP contribution in [0.25, 0.3) is 10.8 Å². The average Bonchev–Trinajstić information content (AvgIpc) is 3.54. The number of carbonyl (C=O) groups is 2. The molecule has 2 heterocycles. The Morgan fingerprint density at radius 1 is 0.844 bits per heavy atom. The van der Waals surface area contributed by atoms with Crippen LogP contribution in [0.15, 0.2) is 71.9 Å². The summed E-state index contributed by atoms with van der Waals surface area (Å²) in [6.45, 7) is 2.06. The fraction of sp³-hybridized carbons (Fsp3) is 0.296. The maximum Gasteiger partial charge on any atom is 0.238 e. The number of rotatable bonds is 2. The first-order valence-electron chi connectivity index (χ1n) is 11.3. The molecule has 0 N–H and O–H groups in total. The van der Waals surface area contributed by atoms with Crippen LogP contribution in [0.2, 0.25) is 0 Å². The molecule has 3 aromatic carbocycles. The van der Waals surface area contributed by atoms with Crippen molar-refractivity contribution < 1.29 is 14.4 Å². The second kappa shape index (κ2) is 6.28. The highest BCUT2D eigenvalue weighted by atomic mass is 16.6. The van der Waals surface area contributed by atoms with E-state index >= 15 is 0 Å². The van der Waals surface area contributed by atoms with Crippen LogP contribution in [0, 0.1) is 36.5 Å². The van der Waals surface area contributed by atoms with Gasteiger partial charge in [0.2, 0.25) is 11.8 Å². The lowest BCUT2D eigenvalue weighted by Gasteiger charge is -2.29. The third kappa shape index (κ3) is 2.26. The molecule has 158 valence electrons. The molecule has 1 saturated heterocycles. The van der Waals surface area contributed by atoms with E-state index in [4.69, 9.17) is 4.84 Å². The van der Waals surface area contributed by atoms with Gasteiger partial charge in [0, 0.05) is 11.8 Å². The lowest BCUT2D eigenvalue weighted by molar-refractivity contribution is -0.125. The first kappa shape index (κ1) is 18.1. The Hall–Kier alpha value is -3.47. The van der Waals surface area contributed by atoms with Gasteiger partial charge in [-0.2, -0.15) is 0 Å². The Balaban J connectivity index is 1.25. The third-order valence-electron chi connectivity index (χ3n) is 8.03. The van der Waals surface area contributed by atoms with Gasteiger partial charge in [0.25, 0.3) is 0 Å². The Labute approximate surface area is 185 Å². The maximum atomic E-state index is 13.6. The molecule has 3 fully saturated rings. The summed E-state index contributed by atoms with van der Waals surface area (Å²) in [4.78, 5) is 34.5. The molecule has 5 heteroatoms. The van der Waals surface area contributed by atoms with Crippen molar-refractivity contribution in [3.8, 4) is 0 Å². The number of aryl methyl sites for hydroxylation is 1. The Morgan fingerprint density at radius 3 is 2.34 bits per heavy atom. The van der Waals surface area contributed by atoms with E-state index in [1.807, 2.05) is 42.5 Å². The van der Waals surface area contributed by atoms with Crippen molar-refractivity contribution in [2.45, 2.75) is 19.4 Å². The van der Waals surface area contributed by atoms with Crippen molar-refractivity contribution in [3.63, 3.8) is 0 Å². The predicted octanol–water partition coefficient (Wildman–Crippen LogP) is 4.32. The fourth-order valence-electron chi connectivity index (χ4n) is 6.66. The first-order chi connectivity index (χ1) is 15.6. The summed E-state index contributed by atoms with van der Waals surface area (Å²) in [5.41, 5.74) is 3.85. The van der Waals surface area contributed by atoms with Crippen molar-refractivity contribution >= 4 is 34.0 Å². The topological polar surface area (TPSA) is 59.0 Å². The zero-order valence-corrected chi connectivity index (χ0v) is 17.6. The Bertz CT molecular complexity index is 1330. The molecule has 2 amide bonds. The molecule has 2 bridgehead atoms. The molecule has 2 saturated carbocycles. The number of benzene rings is 3. The van der Waals surface area contributed by atoms with Crippen LogP contribution in [-0.2, 0) is 14.4 Å². The second-order valence-electron chi connectivity index (χ2n) is 9.60. The number of oxime groups is 1. The first-order valence-corrected chi connectivity index (χ1v) is 11.3. The van der Waals surface area contributed by atoms with Gasteiger partial charge in [0.1, 0.15) is 6.10 Å². The molecule has 0 spiro atoms. The van der Waals surface area contributed by atoms with Crippen LogP contribution in [0.4, 0.5) is 5.69 Å². The summed E-state index contributed by atoms with van der Waals surface area (Å²) < 4.78 is 0. The molecule has 5 nitrogen and oxygen atoms in total. The largest absolute Gasteiger partial charge is 0.391 e. The second-order valence-corrected chi connectivity index (χ2v) is 9.60. The third-order valence-corrected chi connectivity index (χ3v) is 8.03. The highest BCUT2D eigenvalue weighted by Gasteiger charge is 2.70. The number of amides is 2. The standard InChI is InChI=1S/C27H22N2O3/c1-14-6-8-16(9-7-14)24-23-19-13-20(25(23)32-28-24)22-21(19)26(30)29(27(22)31)18-11-10-15-4-2-3-5-17(15)12-18/h2-12,19-23,25H,13H2,1H3. The molecule has 0 aromatic heterocycles. The summed E-state index contributed by atoms with van der Waals surface area (Å²) >= 11 is 0. The van der Waals surface area contributed by atoms with Gasteiger partial charge >= 0.3 is 0 Å². The molecule has 3 aromatic rings. The van der Waals surface area contributed by atoms with Gasteiger partial charge in [0.15, 0.2) is 0 Å². The van der Waals surface area contributed by atoms with Crippen LogP contribution in [0.5, 0.6) is 0 Å². The summed E-state index contributed by atoms with van der Waals surface area (Å²) in [5, 5.41) is 6.55. The number of nitrogens with zero attached hydrogens (tertiary/aromatic N) is 2. The minimum atomic E-state index is -0.298. The molecule has 2 aliphatic heterocycles. The van der Waals surface area contributed by atoms with Gasteiger partial charge in [-0.15, -0.1) is 0 Å². The van der Waals surface area contributed by atoms with E-state index in [1.54, 1.807) is 0 Å². The van der Waals surface area contributed by atoms with Gasteiger partial charge in [-0.25, -0.2) is 0 Å². The van der Waals surface area contributed by atoms with Crippen LogP contribution in [0.3, 0.4) is 0 Å². The van der Waals surface area contributed by atoms with E-state index in [0.29, 0.717) is 5.69 Å². The molecule has 7 rings (SSSR count). The van der Waals surface area contributed by atoms with Gasteiger partial charge in [-0.1, -0.05) is 65.3 Å². The number of imide groups is 1. The predicted molar refractivity (Wildman–Crippen MR) is 121 cm³/mol. The molecule has 32 heavy (non-hydrogen) atoms. The molecule has 4 aliphatic rings. The van der Waals surface area contributed by atoms with Gasteiger partial charge < -0.3 is 4.84 Å². The van der Waals surface area contributed by atoms with E-state index in [0.717, 1.165) is 28.5 Å². The molecular weight excluding hydrogens is 400 g/mol. The highest BCUT2D eigenvalue weighted by molar-refractivity contribution is 6.23. The van der Waals surface area contributed by atoms with Gasteiger partial charge in [-0.3, -0.25) is 14.5 Å². The van der Waals surface area contributed by atoms with Crippen LogP contribution in [-0.4, -0.2) is 23.6 Å². The lowest BCUT2D eigenvalue weighted by atomic mass is 9.71. The zero-order valence-electron chi connectivity index (χ0n) is 17.6. The summed E-state index contributed by atoms with van der Waals surface area (Å²) in [7, 11) is 0. The quantitative estimate of drug-likeness (QED) is 0.578. The highest BCUT2D eigenvalue weighted by Crippen LogP contribution is 2.62. The summed E-state index contributed by atoms with van der Waals surface area (Å²) in [6, 6.07) is 22.1. The summed E-state index contributed by atoms with van der Waals surface area (Å²) in [6.07, 6.45) is 0.754. The van der Waals surface area contributed by atoms with E-state index < -0.39 is 0 Å². The molecular formula is C27H22N2O3. The van der Waals surface area contributed by atoms with Crippen molar-refractivity contribution in [3.05, 3.63) is 77.9 Å². The van der Waals surface area contributed by atoms with E-state index in [1.165, 1.54) is 10.5 Å². The lowest BCUT2D eigenvalue weighted by Crippen LogP contribution is -2.41. The SMILES string of the molecule is Cc1ccc(C2=NOC3C4CC(C23)C2C(=O)N(c3ccc5ccccc5c3)C(=O)C42)cc1. The van der Waals surface area contributed by atoms with Crippen molar-refractivity contribution in [2.75, 3.05) is 4.90 Å². The van der Waals surface area contributed by atoms with Crippen molar-refractivity contribution in [1.82, 2.24) is 0 Å². The number of carbonyl (C=O) groups excluding carboxylic acids is 2. The van der Waals surface area contributed by atoms with Crippen LogP contribution < -0.4 is 4.90 Å². The van der Waals surface area contributed by atoms with E-state index in [-0.39, 0.29) is 47.5 Å². The fourth-order valence-corrected chi connectivity index (χ4v) is 6.66. The zero-order chi connectivity index (χ0) is 21.6. The summed E-state index contributed by atoms with van der Waals surface area (Å²) in [5.74, 6) is -0.490. The molecule has 6 atom stereocenters. The van der Waals surface area contributed by atoms with E-state index in [2.05, 4.69) is 36.3 Å². The number of fused-ring (bicyclic) bond motifs is 9. The van der Waals surface area contributed by atoms with Gasteiger partial charge in [-0.05, 0) is 47.7 Å². The Morgan fingerprint density at radius 2 is 1.56 bits per heavy atom. The van der Waals surface area contributed by atoms with Crippen LogP contribution >= 0.6 is 0 Å². The number of anilines is 1. The maximum absolute atomic E-state index is 13.6. The molecule has 2 aliphatic carbocycles. The smallest absolute Gasteiger partial charge is 0.238 e. The van der Waals surface area contributed by atoms with Crippen molar-refractivity contribution in [2.24, 2.45) is 34.7 Å². The van der Waals surface area contributed by atoms with Crippen molar-refractivity contribution in [1.29, 1.82) is 0 Å². The Kier molecular flexibility index (Phi) is 3.56. The van der Waals surface area contributed by atoms with E-state index in [9.17, 15) is 9.59 Å². The van der Waals surface area contributed by atoms with Crippen LogP contribution in [0.1, 0.15) is 17.5 Å². The molecule has 0 radical (unpaired) electrons. The monoisotopic (exact) mass is 422 g/mol. The number of hydrogen-bond donors (Lipinski definition) is 0. The minimum absolute atomic E-state index is 0.0450. The minimum Gasteiger partial charge on any atom is -0.391 e. The number of hydrogen-bond acceptors (Lipinski definition) is 4. The normalized spacial score (nSPS) is 32.3. The van der Waals surface area contributed by atoms with Gasteiger partial charge in [0.05, 0.1) is 23.2 Å².